The molecule has 1 unspecified atom stereocenters. The lowest BCUT2D eigenvalue weighted by molar-refractivity contribution is -0.126. The molecule has 0 aliphatic carbocycles. The maximum atomic E-state index is 13.3. The van der Waals surface area contributed by atoms with Gasteiger partial charge < -0.3 is 10.6 Å². The van der Waals surface area contributed by atoms with Gasteiger partial charge in [-0.25, -0.2) is 4.39 Å². The van der Waals surface area contributed by atoms with Gasteiger partial charge in [0.2, 0.25) is 5.91 Å². The molecule has 0 saturated carbocycles. The molecule has 1 atom stereocenters. The van der Waals surface area contributed by atoms with Crippen molar-refractivity contribution in [2.24, 2.45) is 11.8 Å². The minimum absolute atomic E-state index is 0. The number of amides is 1. The Morgan fingerprint density at radius 1 is 1.47 bits per heavy atom. The van der Waals surface area contributed by atoms with Crippen LogP contribution in [0.5, 0.6) is 0 Å². The highest BCUT2D eigenvalue weighted by Gasteiger charge is 2.28. The van der Waals surface area contributed by atoms with Crippen molar-refractivity contribution in [1.82, 2.24) is 10.6 Å². The van der Waals surface area contributed by atoms with Crippen molar-refractivity contribution in [3.05, 3.63) is 35.6 Å². The molecular weight excluding hydrogens is 267 g/mol. The zero-order valence-electron chi connectivity index (χ0n) is 11.0. The normalized spacial score (nSPS) is 16.1. The van der Waals surface area contributed by atoms with Gasteiger partial charge in [-0.3, -0.25) is 4.79 Å². The molecule has 3 nitrogen and oxygen atoms in total. The minimum atomic E-state index is -0.206. The third kappa shape index (κ3) is 4.18. The van der Waals surface area contributed by atoms with Crippen molar-refractivity contribution in [3.8, 4) is 0 Å². The van der Waals surface area contributed by atoms with Crippen molar-refractivity contribution >= 4 is 18.3 Å². The minimum Gasteiger partial charge on any atom is -0.356 e. The number of hydrogen-bond acceptors (Lipinski definition) is 2. The van der Waals surface area contributed by atoms with E-state index in [2.05, 4.69) is 10.6 Å². The van der Waals surface area contributed by atoms with Gasteiger partial charge in [0.05, 0.1) is 0 Å². The van der Waals surface area contributed by atoms with Gasteiger partial charge in [0.1, 0.15) is 5.82 Å². The molecule has 1 heterocycles. The van der Waals surface area contributed by atoms with Crippen LogP contribution in [0.15, 0.2) is 24.3 Å². The van der Waals surface area contributed by atoms with E-state index in [1.165, 1.54) is 6.07 Å². The Kier molecular flexibility index (Phi) is 6.25. The number of carbonyl (C=O) groups excluding carboxylic acids is 1. The van der Waals surface area contributed by atoms with Crippen LogP contribution in [0.2, 0.25) is 0 Å². The SMILES string of the molecule is CC(C(=O)NCCc1ccccc1F)C1CNC1.Cl. The van der Waals surface area contributed by atoms with Gasteiger partial charge in [-0.2, -0.15) is 0 Å². The highest BCUT2D eigenvalue weighted by atomic mass is 35.5. The van der Waals surface area contributed by atoms with Gasteiger partial charge in [-0.15, -0.1) is 12.4 Å². The Balaban J connectivity index is 0.00000180. The maximum absolute atomic E-state index is 13.3. The molecule has 1 aromatic rings. The fourth-order valence-corrected chi connectivity index (χ4v) is 2.06. The van der Waals surface area contributed by atoms with E-state index in [1.54, 1.807) is 12.1 Å². The molecule has 19 heavy (non-hydrogen) atoms. The van der Waals surface area contributed by atoms with E-state index in [4.69, 9.17) is 0 Å². The third-order valence-electron chi connectivity index (χ3n) is 3.59. The Morgan fingerprint density at radius 3 is 2.74 bits per heavy atom. The third-order valence-corrected chi connectivity index (χ3v) is 3.59. The van der Waals surface area contributed by atoms with Crippen molar-refractivity contribution in [3.63, 3.8) is 0 Å². The summed E-state index contributed by atoms with van der Waals surface area (Å²) in [5, 5.41) is 6.03. The van der Waals surface area contributed by atoms with E-state index >= 15 is 0 Å². The van der Waals surface area contributed by atoms with E-state index in [0.29, 0.717) is 24.4 Å². The zero-order chi connectivity index (χ0) is 13.0. The van der Waals surface area contributed by atoms with Crippen molar-refractivity contribution in [1.29, 1.82) is 0 Å². The summed E-state index contributed by atoms with van der Waals surface area (Å²) < 4.78 is 13.3. The summed E-state index contributed by atoms with van der Waals surface area (Å²) in [6.07, 6.45) is 0.536. The second-order valence-electron chi connectivity index (χ2n) is 4.84. The van der Waals surface area contributed by atoms with E-state index in [0.717, 1.165) is 13.1 Å². The molecular formula is C14H20ClFN2O. The molecule has 0 bridgehead atoms. The van der Waals surface area contributed by atoms with E-state index in [-0.39, 0.29) is 30.0 Å². The lowest BCUT2D eigenvalue weighted by atomic mass is 9.88. The average Bonchev–Trinajstić information content (AvgIpc) is 2.29. The van der Waals surface area contributed by atoms with Crippen molar-refractivity contribution < 1.29 is 9.18 Å². The van der Waals surface area contributed by atoms with Crippen LogP contribution in [0, 0.1) is 17.7 Å². The van der Waals surface area contributed by atoms with Gasteiger partial charge in [0, 0.05) is 12.5 Å². The molecule has 1 amide bonds. The molecule has 1 fully saturated rings. The fraction of sp³-hybridized carbons (Fsp3) is 0.500. The first-order valence-electron chi connectivity index (χ1n) is 6.40. The van der Waals surface area contributed by atoms with E-state index in [1.807, 2.05) is 13.0 Å². The first-order chi connectivity index (χ1) is 8.68. The second kappa shape index (κ2) is 7.46. The van der Waals surface area contributed by atoms with Crippen LogP contribution in [-0.2, 0) is 11.2 Å². The summed E-state index contributed by atoms with van der Waals surface area (Å²) in [5.74, 6) is 0.339. The Bertz CT molecular complexity index is 424. The molecule has 2 N–H and O–H groups in total. The van der Waals surface area contributed by atoms with Crippen LogP contribution < -0.4 is 10.6 Å². The topological polar surface area (TPSA) is 41.1 Å². The van der Waals surface area contributed by atoms with E-state index in [9.17, 15) is 9.18 Å². The monoisotopic (exact) mass is 286 g/mol. The van der Waals surface area contributed by atoms with Gasteiger partial charge >= 0.3 is 0 Å². The molecule has 0 aromatic heterocycles. The largest absolute Gasteiger partial charge is 0.356 e. The lowest BCUT2D eigenvalue weighted by Gasteiger charge is -2.31. The van der Waals surface area contributed by atoms with Crippen LogP contribution >= 0.6 is 12.4 Å². The second-order valence-corrected chi connectivity index (χ2v) is 4.84. The predicted molar refractivity (Wildman–Crippen MR) is 75.9 cm³/mol. The van der Waals surface area contributed by atoms with E-state index < -0.39 is 0 Å². The van der Waals surface area contributed by atoms with Crippen molar-refractivity contribution in [2.75, 3.05) is 19.6 Å². The standard InChI is InChI=1S/C14H19FN2O.ClH/c1-10(12-8-16-9-12)14(18)17-7-6-11-4-2-3-5-13(11)15;/h2-5,10,12,16H,6-9H2,1H3,(H,17,18);1H. The van der Waals surface area contributed by atoms with Crippen LogP contribution in [0.3, 0.4) is 0 Å². The van der Waals surface area contributed by atoms with Crippen LogP contribution in [0.4, 0.5) is 4.39 Å². The number of rotatable bonds is 5. The fourth-order valence-electron chi connectivity index (χ4n) is 2.06. The average molecular weight is 287 g/mol. The molecule has 5 heteroatoms. The molecule has 1 saturated heterocycles. The Labute approximate surface area is 119 Å². The van der Waals surface area contributed by atoms with Crippen LogP contribution in [-0.4, -0.2) is 25.5 Å². The number of carbonyl (C=O) groups is 1. The van der Waals surface area contributed by atoms with Gasteiger partial charge in [0.15, 0.2) is 0 Å². The maximum Gasteiger partial charge on any atom is 0.223 e. The zero-order valence-corrected chi connectivity index (χ0v) is 11.8. The smallest absolute Gasteiger partial charge is 0.223 e. The van der Waals surface area contributed by atoms with Crippen LogP contribution in [0.25, 0.3) is 0 Å². The van der Waals surface area contributed by atoms with Gasteiger partial charge in [-0.1, -0.05) is 25.1 Å². The Hall–Kier alpha value is -1.13. The number of nitrogens with one attached hydrogen (secondary N) is 2. The Morgan fingerprint density at radius 2 is 2.16 bits per heavy atom. The summed E-state index contributed by atoms with van der Waals surface area (Å²) in [7, 11) is 0. The molecule has 1 aliphatic rings. The summed E-state index contributed by atoms with van der Waals surface area (Å²) in [6.45, 7) is 4.28. The summed E-state index contributed by atoms with van der Waals surface area (Å²) >= 11 is 0. The molecule has 0 spiro atoms. The number of hydrogen-bond donors (Lipinski definition) is 2. The first-order valence-corrected chi connectivity index (χ1v) is 6.40. The molecule has 0 radical (unpaired) electrons. The number of benzene rings is 1. The summed E-state index contributed by atoms with van der Waals surface area (Å²) in [5.41, 5.74) is 0.649. The van der Waals surface area contributed by atoms with Crippen molar-refractivity contribution in [2.45, 2.75) is 13.3 Å². The number of halogens is 2. The summed E-state index contributed by atoms with van der Waals surface area (Å²) in [4.78, 5) is 11.8. The predicted octanol–water partition coefficient (Wildman–Crippen LogP) is 1.76. The molecule has 1 aliphatic heterocycles. The molecule has 1 aromatic carbocycles. The summed E-state index contributed by atoms with van der Waals surface area (Å²) in [6, 6.07) is 6.67. The van der Waals surface area contributed by atoms with Gasteiger partial charge in [0.25, 0.3) is 0 Å². The quantitative estimate of drug-likeness (QED) is 0.866. The first kappa shape index (κ1) is 15.9. The van der Waals surface area contributed by atoms with Gasteiger partial charge in [-0.05, 0) is 37.1 Å². The highest BCUT2D eigenvalue weighted by molar-refractivity contribution is 5.85. The van der Waals surface area contributed by atoms with Crippen LogP contribution in [0.1, 0.15) is 12.5 Å². The molecule has 2 rings (SSSR count). The molecule has 106 valence electrons. The highest BCUT2D eigenvalue weighted by Crippen LogP contribution is 2.15. The lowest BCUT2D eigenvalue weighted by Crippen LogP contribution is -2.49.